The lowest BCUT2D eigenvalue weighted by Gasteiger charge is -2.44. The van der Waals surface area contributed by atoms with Crippen LogP contribution < -0.4 is 0 Å². The second kappa shape index (κ2) is 12.5. The third-order valence-electron chi connectivity index (χ3n) is 9.45. The topological polar surface area (TPSA) is 75.2 Å². The van der Waals surface area contributed by atoms with Gasteiger partial charge in [0, 0.05) is 17.8 Å². The highest BCUT2D eigenvalue weighted by Gasteiger charge is 2.45. The Morgan fingerprint density at radius 2 is 1.65 bits per heavy atom. The Labute approximate surface area is 276 Å². The SMILES string of the molecule is CC(C)[Si](C(C)C)(C(C)C)n1ccc(-c2ccc(-c3cc(CN4Cc5[nH]c(-c6cccc(F)c6F)nc5C=N4)on3)c(C(F)(F)F)c2)c1. The molecule has 0 fully saturated rings. The van der Waals surface area contributed by atoms with Gasteiger partial charge in [0.15, 0.2) is 25.6 Å². The van der Waals surface area contributed by atoms with Gasteiger partial charge in [-0.25, -0.2) is 13.8 Å². The van der Waals surface area contributed by atoms with Crippen LogP contribution in [-0.4, -0.2) is 38.8 Å². The predicted octanol–water partition coefficient (Wildman–Crippen LogP) is 9.87. The number of halogens is 5. The molecule has 6 rings (SSSR count). The standard InChI is InChI=1S/C35H37F5N6OSi/c1-20(2)48(21(3)4,22(5)6)46-13-12-24(17-46)23-10-11-26(28(14-23)35(38,39)40)30-15-25(47-44-30)18-45-19-32-31(16-41-45)42-34(43-32)27-8-7-9-29(36)33(27)37/h7-17,20-22H,18-19H2,1-6H3,(H,42,43). The molecule has 7 nitrogen and oxygen atoms in total. The van der Waals surface area contributed by atoms with Crippen molar-refractivity contribution < 1.29 is 26.5 Å². The highest BCUT2D eigenvalue weighted by molar-refractivity contribution is 6.82. The van der Waals surface area contributed by atoms with E-state index in [0.717, 1.165) is 11.6 Å². The molecule has 0 unspecified atom stereocenters. The fourth-order valence-corrected chi connectivity index (χ4v) is 14.0. The summed E-state index contributed by atoms with van der Waals surface area (Å²) in [6.45, 7) is 13.8. The lowest BCUT2D eigenvalue weighted by molar-refractivity contribution is -0.137. The van der Waals surface area contributed by atoms with Crippen LogP contribution in [0.5, 0.6) is 0 Å². The lowest BCUT2D eigenvalue weighted by atomic mass is 9.98. The Balaban J connectivity index is 1.24. The van der Waals surface area contributed by atoms with Crippen molar-refractivity contribution in [3.63, 3.8) is 0 Å². The first-order chi connectivity index (χ1) is 22.7. The Kier molecular flexibility index (Phi) is 8.69. The number of imidazole rings is 1. The molecule has 4 heterocycles. The van der Waals surface area contributed by atoms with E-state index >= 15 is 0 Å². The third-order valence-corrected chi connectivity index (χ3v) is 16.2. The van der Waals surface area contributed by atoms with E-state index in [9.17, 15) is 22.0 Å². The van der Waals surface area contributed by atoms with Crippen LogP contribution >= 0.6 is 0 Å². The summed E-state index contributed by atoms with van der Waals surface area (Å²) in [5.41, 5.74) is 2.76. The normalized spacial score (nSPS) is 13.8. The molecule has 1 aliphatic heterocycles. The number of nitrogens with one attached hydrogen (secondary N) is 1. The van der Waals surface area contributed by atoms with Crippen LogP contribution in [0.3, 0.4) is 0 Å². The quantitative estimate of drug-likeness (QED) is 0.124. The Morgan fingerprint density at radius 1 is 0.917 bits per heavy atom. The van der Waals surface area contributed by atoms with Crippen LogP contribution in [0.4, 0.5) is 22.0 Å². The summed E-state index contributed by atoms with van der Waals surface area (Å²) in [4.78, 5) is 7.34. The van der Waals surface area contributed by atoms with Gasteiger partial charge in [-0.2, -0.15) is 18.3 Å². The monoisotopic (exact) mass is 680 g/mol. The van der Waals surface area contributed by atoms with Gasteiger partial charge in [-0.1, -0.05) is 64.9 Å². The number of fused-ring (bicyclic) bond motifs is 1. The number of nitrogens with zero attached hydrogens (tertiary/aromatic N) is 5. The fraction of sp³-hybridized carbons (Fsp3) is 0.343. The predicted molar refractivity (Wildman–Crippen MR) is 178 cm³/mol. The molecular formula is C35H37F5N6OSi. The molecule has 5 aromatic rings. The first-order valence-corrected chi connectivity index (χ1v) is 18.1. The van der Waals surface area contributed by atoms with E-state index in [1.54, 1.807) is 11.1 Å². The molecule has 2 aromatic carbocycles. The number of hydrogen-bond acceptors (Lipinski definition) is 5. The molecule has 3 aromatic heterocycles. The Hall–Kier alpha value is -4.52. The van der Waals surface area contributed by atoms with Gasteiger partial charge in [-0.15, -0.1) is 0 Å². The van der Waals surface area contributed by atoms with Gasteiger partial charge in [-0.3, -0.25) is 5.01 Å². The second-order valence-corrected chi connectivity index (χ2v) is 19.0. The van der Waals surface area contributed by atoms with E-state index in [1.807, 2.05) is 18.5 Å². The average Bonchev–Trinajstić information content (AvgIpc) is 3.78. The van der Waals surface area contributed by atoms with Crippen molar-refractivity contribution in [1.82, 2.24) is 24.4 Å². The zero-order valence-electron chi connectivity index (χ0n) is 27.5. The molecule has 0 spiro atoms. The zero-order valence-corrected chi connectivity index (χ0v) is 28.5. The molecule has 1 aliphatic rings. The zero-order chi connectivity index (χ0) is 34.5. The van der Waals surface area contributed by atoms with Gasteiger partial charge >= 0.3 is 6.18 Å². The van der Waals surface area contributed by atoms with E-state index in [-0.39, 0.29) is 35.7 Å². The van der Waals surface area contributed by atoms with Crippen molar-refractivity contribution in [2.75, 3.05) is 0 Å². The van der Waals surface area contributed by atoms with Crippen molar-refractivity contribution in [3.05, 3.63) is 95.3 Å². The molecule has 1 N–H and O–H groups in total. The molecule has 252 valence electrons. The molecule has 0 radical (unpaired) electrons. The van der Waals surface area contributed by atoms with Crippen LogP contribution in [-0.2, 0) is 19.3 Å². The highest BCUT2D eigenvalue weighted by Crippen LogP contribution is 2.44. The molecule has 0 aliphatic carbocycles. The Morgan fingerprint density at radius 3 is 2.33 bits per heavy atom. The van der Waals surface area contributed by atoms with Crippen LogP contribution in [0, 0.1) is 11.6 Å². The van der Waals surface area contributed by atoms with Gasteiger partial charge < -0.3 is 13.7 Å². The van der Waals surface area contributed by atoms with Gasteiger partial charge in [0.2, 0.25) is 0 Å². The first kappa shape index (κ1) is 33.4. The molecule has 0 saturated carbocycles. The number of aromatic amines is 1. The average molecular weight is 681 g/mol. The number of hydrogen-bond donors (Lipinski definition) is 1. The molecule has 13 heteroatoms. The summed E-state index contributed by atoms with van der Waals surface area (Å²) in [5.74, 6) is -1.53. The molecular weight excluding hydrogens is 644 g/mol. The largest absolute Gasteiger partial charge is 0.417 e. The van der Waals surface area contributed by atoms with Crippen LogP contribution in [0.25, 0.3) is 33.8 Å². The van der Waals surface area contributed by atoms with Crippen LogP contribution in [0.2, 0.25) is 16.6 Å². The van der Waals surface area contributed by atoms with Gasteiger partial charge in [-0.05, 0) is 58.2 Å². The maximum Gasteiger partial charge on any atom is 0.417 e. The number of H-pyrrole nitrogens is 1. The van der Waals surface area contributed by atoms with Crippen molar-refractivity contribution in [2.45, 2.75) is 77.4 Å². The maximum atomic E-state index is 14.5. The van der Waals surface area contributed by atoms with Crippen molar-refractivity contribution >= 4 is 14.5 Å². The van der Waals surface area contributed by atoms with E-state index in [2.05, 4.69) is 66.0 Å². The van der Waals surface area contributed by atoms with Crippen LogP contribution in [0.1, 0.15) is 64.3 Å². The Bertz CT molecular complexity index is 1950. The third kappa shape index (κ3) is 5.88. The minimum absolute atomic E-state index is 0.00933. The van der Waals surface area contributed by atoms with E-state index in [1.165, 1.54) is 36.5 Å². The van der Waals surface area contributed by atoms with Gasteiger partial charge in [0.25, 0.3) is 0 Å². The highest BCUT2D eigenvalue weighted by atomic mass is 28.3. The lowest BCUT2D eigenvalue weighted by Crippen LogP contribution is -2.51. The number of aromatic nitrogens is 4. The fourth-order valence-electron chi connectivity index (χ4n) is 7.50. The first-order valence-electron chi connectivity index (χ1n) is 15.9. The summed E-state index contributed by atoms with van der Waals surface area (Å²) < 4.78 is 79.3. The van der Waals surface area contributed by atoms with E-state index in [0.29, 0.717) is 39.3 Å². The smallest absolute Gasteiger partial charge is 0.379 e. The summed E-state index contributed by atoms with van der Waals surface area (Å²) in [7, 11) is -2.06. The number of hydrazone groups is 1. The number of rotatable bonds is 9. The van der Waals surface area contributed by atoms with E-state index < -0.39 is 31.6 Å². The molecule has 48 heavy (non-hydrogen) atoms. The number of benzene rings is 2. The van der Waals surface area contributed by atoms with Crippen molar-refractivity contribution in [2.24, 2.45) is 5.10 Å². The summed E-state index contributed by atoms with van der Waals surface area (Å²) in [6.07, 6.45) is 0.878. The second-order valence-electron chi connectivity index (χ2n) is 13.2. The molecule has 0 atom stereocenters. The van der Waals surface area contributed by atoms with Gasteiger partial charge in [0.1, 0.15) is 17.2 Å². The van der Waals surface area contributed by atoms with Gasteiger partial charge in [0.05, 0.1) is 36.1 Å². The maximum absolute atomic E-state index is 14.5. The summed E-state index contributed by atoms with van der Waals surface area (Å²) >= 11 is 0. The van der Waals surface area contributed by atoms with E-state index in [4.69, 9.17) is 4.52 Å². The van der Waals surface area contributed by atoms with Crippen molar-refractivity contribution in [1.29, 1.82) is 0 Å². The summed E-state index contributed by atoms with van der Waals surface area (Å²) in [5, 5.41) is 9.92. The minimum Gasteiger partial charge on any atom is -0.379 e. The minimum atomic E-state index is -4.63. The molecule has 0 bridgehead atoms. The molecule has 0 saturated heterocycles. The number of alkyl halides is 3. The van der Waals surface area contributed by atoms with Crippen molar-refractivity contribution in [3.8, 4) is 33.8 Å². The summed E-state index contributed by atoms with van der Waals surface area (Å²) in [6, 6.07) is 11.5. The molecule has 0 amide bonds. The van der Waals surface area contributed by atoms with Crippen LogP contribution in [0.15, 0.2) is 70.5 Å².